The van der Waals surface area contributed by atoms with Gasteiger partial charge in [-0.1, -0.05) is 53.4 Å². The van der Waals surface area contributed by atoms with Gasteiger partial charge in [0.25, 0.3) is 7.82 Å². The summed E-state index contributed by atoms with van der Waals surface area (Å²) in [5.74, 6) is 0. The largest absolute Gasteiger partial charge is 0.756 e. The van der Waals surface area contributed by atoms with E-state index < -0.39 is 7.82 Å². The third kappa shape index (κ3) is 23.7. The van der Waals surface area contributed by atoms with Gasteiger partial charge in [0.2, 0.25) is 0 Å². The van der Waals surface area contributed by atoms with Crippen LogP contribution in [-0.4, -0.2) is 91.8 Å². The fourth-order valence-corrected chi connectivity index (χ4v) is 2.64. The van der Waals surface area contributed by atoms with Gasteiger partial charge < -0.3 is 19.2 Å². The minimum absolute atomic E-state index is 0. The molecule has 0 atom stereocenters. The zero-order valence-electron chi connectivity index (χ0n) is 16.1. The van der Waals surface area contributed by atoms with Gasteiger partial charge in [-0.05, 0) is 25.7 Å². The van der Waals surface area contributed by atoms with Crippen LogP contribution in [0.2, 0.25) is 0 Å². The van der Waals surface area contributed by atoms with Crippen molar-refractivity contribution in [2.24, 2.45) is 0 Å². The second-order valence-electron chi connectivity index (χ2n) is 6.14. The second-order valence-corrected chi connectivity index (χ2v) is 7.12. The monoisotopic (exact) mass is 378 g/mol. The van der Waals surface area contributed by atoms with E-state index >= 15 is 0 Å². The SMILES string of the molecule is CCCC[N+](CCCC)(CCCC)CCCC.O=P([O-])(O)O.[K]. The fraction of sp³-hybridized carbons (Fsp3) is 1.00. The maximum absolute atomic E-state index is 8.77. The third-order valence-electron chi connectivity index (χ3n) is 3.94. The predicted octanol–water partition coefficient (Wildman–Crippen LogP) is 3.06. The molecule has 0 saturated carbocycles. The summed E-state index contributed by atoms with van der Waals surface area (Å²) in [7, 11) is -4.89. The van der Waals surface area contributed by atoms with Crippen molar-refractivity contribution in [3.8, 4) is 0 Å². The van der Waals surface area contributed by atoms with Crippen molar-refractivity contribution < 1.29 is 23.7 Å². The Morgan fingerprint density at radius 1 is 0.739 bits per heavy atom. The molecule has 0 rings (SSSR count). The summed E-state index contributed by atoms with van der Waals surface area (Å²) in [6.07, 6.45) is 11.1. The number of hydrogen-bond donors (Lipinski definition) is 2. The van der Waals surface area contributed by atoms with Crippen LogP contribution in [-0.2, 0) is 4.57 Å². The number of quaternary nitrogens is 1. The Hall–Kier alpha value is 1.71. The van der Waals surface area contributed by atoms with E-state index in [1.54, 1.807) is 0 Å². The normalized spacial score (nSPS) is 11.4. The Labute approximate surface area is 186 Å². The average Bonchev–Trinajstić information content (AvgIpc) is 2.44. The molecule has 0 bridgehead atoms. The maximum atomic E-state index is 8.77. The van der Waals surface area contributed by atoms with Crippen LogP contribution in [0, 0.1) is 0 Å². The van der Waals surface area contributed by atoms with Gasteiger partial charge in [-0.25, -0.2) is 0 Å². The first-order valence-electron chi connectivity index (χ1n) is 8.86. The molecule has 7 heteroatoms. The molecule has 0 aliphatic heterocycles. The maximum Gasteiger partial charge on any atom is 0.262 e. The average molecular weight is 379 g/mol. The van der Waals surface area contributed by atoms with Gasteiger partial charge in [0.1, 0.15) is 0 Å². The zero-order chi connectivity index (χ0) is 17.5. The molecule has 0 aromatic heterocycles. The van der Waals surface area contributed by atoms with Gasteiger partial charge in [-0.2, -0.15) is 0 Å². The van der Waals surface area contributed by atoms with Crippen molar-refractivity contribution in [1.82, 2.24) is 0 Å². The smallest absolute Gasteiger partial charge is 0.262 e. The van der Waals surface area contributed by atoms with Crippen molar-refractivity contribution in [3.63, 3.8) is 0 Å². The van der Waals surface area contributed by atoms with Crippen LogP contribution in [0.25, 0.3) is 0 Å². The first kappa shape index (κ1) is 29.5. The summed E-state index contributed by atoms with van der Waals surface area (Å²) < 4.78 is 10.2. The number of nitrogens with zero attached hydrogens (tertiary/aromatic N) is 1. The molecule has 23 heavy (non-hydrogen) atoms. The van der Waals surface area contributed by atoms with Crippen LogP contribution in [0.3, 0.4) is 0 Å². The molecule has 2 N–H and O–H groups in total. The Bertz CT molecular complexity index is 241. The van der Waals surface area contributed by atoms with E-state index in [-0.39, 0.29) is 51.4 Å². The van der Waals surface area contributed by atoms with Gasteiger partial charge in [0, 0.05) is 51.4 Å². The summed E-state index contributed by atoms with van der Waals surface area (Å²) in [5.41, 5.74) is 0. The van der Waals surface area contributed by atoms with Gasteiger partial charge in [0.05, 0.1) is 26.2 Å². The van der Waals surface area contributed by atoms with Gasteiger partial charge in [0.15, 0.2) is 0 Å². The van der Waals surface area contributed by atoms with Crippen LogP contribution < -0.4 is 4.89 Å². The van der Waals surface area contributed by atoms with Crippen molar-refractivity contribution in [2.45, 2.75) is 79.1 Å². The molecule has 0 aromatic carbocycles. The zero-order valence-corrected chi connectivity index (χ0v) is 20.1. The molecule has 0 spiro atoms. The molecular formula is C16H38KNO4P. The topological polar surface area (TPSA) is 80.6 Å². The Morgan fingerprint density at radius 2 is 0.913 bits per heavy atom. The molecule has 0 aliphatic rings. The molecular weight excluding hydrogens is 340 g/mol. The van der Waals surface area contributed by atoms with Crippen molar-refractivity contribution in [1.29, 1.82) is 0 Å². The first-order chi connectivity index (χ1) is 10.2. The predicted molar refractivity (Wildman–Crippen MR) is 97.2 cm³/mol. The number of hydrogen-bond acceptors (Lipinski definition) is 2. The molecule has 0 heterocycles. The molecule has 0 fully saturated rings. The van der Waals surface area contributed by atoms with Crippen LogP contribution in [0.1, 0.15) is 79.1 Å². The minimum atomic E-state index is -4.89. The first-order valence-corrected chi connectivity index (χ1v) is 10.4. The summed E-state index contributed by atoms with van der Waals surface area (Å²) in [6, 6.07) is 0. The number of phosphoric acid groups is 1. The summed E-state index contributed by atoms with van der Waals surface area (Å²) >= 11 is 0. The van der Waals surface area contributed by atoms with Gasteiger partial charge >= 0.3 is 0 Å². The van der Waals surface area contributed by atoms with Crippen LogP contribution >= 0.6 is 7.82 Å². The van der Waals surface area contributed by atoms with Gasteiger partial charge in [-0.15, -0.1) is 0 Å². The van der Waals surface area contributed by atoms with E-state index in [0.29, 0.717) is 0 Å². The van der Waals surface area contributed by atoms with Crippen LogP contribution in [0.4, 0.5) is 0 Å². The molecule has 5 nitrogen and oxygen atoms in total. The Morgan fingerprint density at radius 3 is 1.04 bits per heavy atom. The minimum Gasteiger partial charge on any atom is -0.756 e. The van der Waals surface area contributed by atoms with E-state index in [1.807, 2.05) is 0 Å². The summed E-state index contributed by atoms with van der Waals surface area (Å²) in [6.45, 7) is 15.0. The van der Waals surface area contributed by atoms with Crippen molar-refractivity contribution in [2.75, 3.05) is 26.2 Å². The molecule has 137 valence electrons. The van der Waals surface area contributed by atoms with E-state index in [0.717, 1.165) is 0 Å². The molecule has 0 aromatic rings. The molecule has 0 amide bonds. The van der Waals surface area contributed by atoms with Crippen LogP contribution in [0.5, 0.6) is 0 Å². The van der Waals surface area contributed by atoms with Crippen LogP contribution in [0.15, 0.2) is 0 Å². The summed E-state index contributed by atoms with van der Waals surface area (Å²) in [5, 5.41) is 0. The van der Waals surface area contributed by atoms with E-state index in [9.17, 15) is 0 Å². The fourth-order valence-electron chi connectivity index (χ4n) is 2.64. The molecule has 1 radical (unpaired) electrons. The molecule has 0 unspecified atom stereocenters. The standard InChI is InChI=1S/C16H36N.K.H3O4P/c1-5-9-13-17(14-10-6-2,15-11-7-3)16-12-8-4;;1-5(2,3)4/h5-16H2,1-4H3;;(H3,1,2,3,4)/q+1;;/p-1. The van der Waals surface area contributed by atoms with Crippen molar-refractivity contribution in [3.05, 3.63) is 0 Å². The number of unbranched alkanes of at least 4 members (excludes halogenated alkanes) is 4. The summed E-state index contributed by atoms with van der Waals surface area (Å²) in [4.78, 5) is 22.9. The molecule has 0 aliphatic carbocycles. The second kappa shape index (κ2) is 18.5. The quantitative estimate of drug-likeness (QED) is 0.311. The number of rotatable bonds is 12. The van der Waals surface area contributed by atoms with Gasteiger partial charge in [-0.3, -0.25) is 4.57 Å². The van der Waals surface area contributed by atoms with E-state index in [2.05, 4.69) is 27.7 Å². The van der Waals surface area contributed by atoms with Crippen molar-refractivity contribution >= 4 is 59.2 Å². The Balaban J connectivity index is -0.000000578. The third-order valence-corrected chi connectivity index (χ3v) is 3.94. The molecule has 0 saturated heterocycles. The Kier molecular flexibility index (Phi) is 23.7. The van der Waals surface area contributed by atoms with E-state index in [4.69, 9.17) is 19.2 Å². The van der Waals surface area contributed by atoms with E-state index in [1.165, 1.54) is 82.0 Å².